The third-order valence-corrected chi connectivity index (χ3v) is 2.03. The number of carbonyl (C=O) groups is 1. The maximum absolute atomic E-state index is 11.4. The summed E-state index contributed by atoms with van der Waals surface area (Å²) in [7, 11) is 0. The Morgan fingerprint density at radius 3 is 2.50 bits per heavy atom. The molecule has 0 radical (unpaired) electrons. The molecule has 1 rings (SSSR count). The van der Waals surface area contributed by atoms with Crippen molar-refractivity contribution in [2.75, 3.05) is 19.6 Å². The van der Waals surface area contributed by atoms with Gasteiger partial charge in [-0.15, -0.1) is 4.58 Å². The van der Waals surface area contributed by atoms with E-state index in [0.29, 0.717) is 6.54 Å². The van der Waals surface area contributed by atoms with E-state index in [1.807, 2.05) is 0 Å². The molecule has 0 aromatic rings. The van der Waals surface area contributed by atoms with Gasteiger partial charge >= 0.3 is 12.1 Å². The fourth-order valence-electron chi connectivity index (χ4n) is 1.32. The number of amides is 2. The normalized spacial score (nSPS) is 15.9. The van der Waals surface area contributed by atoms with E-state index < -0.39 is 0 Å². The quantitative estimate of drug-likeness (QED) is 0.327. The van der Waals surface area contributed by atoms with Crippen molar-refractivity contribution in [3.8, 4) is 0 Å². The second-order valence-electron chi connectivity index (χ2n) is 2.81. The molecule has 0 aromatic heterocycles. The molecule has 0 aromatic carbocycles. The van der Waals surface area contributed by atoms with Crippen LogP contribution in [0.15, 0.2) is 0 Å². The summed E-state index contributed by atoms with van der Waals surface area (Å²) in [5, 5.41) is 0. The van der Waals surface area contributed by atoms with Crippen molar-refractivity contribution in [3.05, 3.63) is 0 Å². The van der Waals surface area contributed by atoms with Crippen LogP contribution in [0.25, 0.3) is 0 Å². The Hall–Kier alpha value is -1.15. The zero-order valence-corrected chi connectivity index (χ0v) is 7.25. The molecule has 1 aliphatic heterocycles. The van der Waals surface area contributed by atoms with Crippen LogP contribution in [0, 0.1) is 0 Å². The van der Waals surface area contributed by atoms with Crippen LogP contribution in [0.1, 0.15) is 19.8 Å². The first-order valence-corrected chi connectivity index (χ1v) is 4.23. The molecule has 0 spiro atoms. The molecule has 4 nitrogen and oxygen atoms in total. The molecule has 2 amide bonds. The Kier molecular flexibility index (Phi) is 3.00. The summed E-state index contributed by atoms with van der Waals surface area (Å²) in [5.41, 5.74) is 0. The Labute approximate surface area is 71.5 Å². The molecule has 0 bridgehead atoms. The smallest absolute Gasteiger partial charge is 0.225 e. The van der Waals surface area contributed by atoms with E-state index in [0.717, 1.165) is 30.5 Å². The van der Waals surface area contributed by atoms with Gasteiger partial charge in [-0.25, -0.2) is 4.90 Å². The maximum Gasteiger partial charge on any atom is 0.503 e. The largest absolute Gasteiger partial charge is 0.503 e. The van der Waals surface area contributed by atoms with E-state index >= 15 is 0 Å². The predicted octanol–water partition coefficient (Wildman–Crippen LogP) is 0.570. The third kappa shape index (κ3) is 1.71. The van der Waals surface area contributed by atoms with Gasteiger partial charge in [-0.2, -0.15) is 9.59 Å². The Morgan fingerprint density at radius 2 is 2.08 bits per heavy atom. The van der Waals surface area contributed by atoms with E-state index in [-0.39, 0.29) is 6.03 Å². The van der Waals surface area contributed by atoms with Crippen molar-refractivity contribution in [3.63, 3.8) is 0 Å². The van der Waals surface area contributed by atoms with Crippen molar-refractivity contribution in [2.45, 2.75) is 19.8 Å². The standard InChI is InChI=1S/C8H13N2O2/c1-2-9(7-11)8(12)10-5-3-4-6-10/h2-6H2,1H3/q+1. The lowest BCUT2D eigenvalue weighted by Gasteiger charge is -2.05. The zero-order valence-electron chi connectivity index (χ0n) is 7.25. The van der Waals surface area contributed by atoms with Gasteiger partial charge in [0.15, 0.2) is 0 Å². The number of nitrogens with zero attached hydrogens (tertiary/aromatic N) is 2. The molecular formula is C8H13N2O2+. The molecule has 66 valence electrons. The van der Waals surface area contributed by atoms with Crippen LogP contribution in [0.2, 0.25) is 0 Å². The molecule has 0 aliphatic carbocycles. The molecule has 0 atom stereocenters. The van der Waals surface area contributed by atoms with E-state index in [4.69, 9.17) is 0 Å². The van der Waals surface area contributed by atoms with Gasteiger partial charge in [0.1, 0.15) is 6.54 Å². The first-order chi connectivity index (χ1) is 5.79. The average molecular weight is 169 g/mol. The van der Waals surface area contributed by atoms with Gasteiger partial charge in [-0.3, -0.25) is 0 Å². The Morgan fingerprint density at radius 1 is 1.50 bits per heavy atom. The summed E-state index contributed by atoms with van der Waals surface area (Å²) in [6.07, 6.45) is 3.71. The lowest BCUT2D eigenvalue weighted by Crippen LogP contribution is -2.35. The molecule has 0 saturated carbocycles. The maximum atomic E-state index is 11.4. The van der Waals surface area contributed by atoms with Crippen LogP contribution in [-0.2, 0) is 4.79 Å². The fourth-order valence-corrected chi connectivity index (χ4v) is 1.32. The van der Waals surface area contributed by atoms with Crippen LogP contribution in [-0.4, -0.2) is 41.2 Å². The first-order valence-electron chi connectivity index (χ1n) is 4.23. The van der Waals surface area contributed by atoms with Gasteiger partial charge in [-0.1, -0.05) is 0 Å². The highest BCUT2D eigenvalue weighted by Gasteiger charge is 2.28. The fraction of sp³-hybridized carbons (Fsp3) is 0.750. The predicted molar refractivity (Wildman–Crippen MR) is 42.7 cm³/mol. The Bertz CT molecular complexity index is 225. The summed E-state index contributed by atoms with van der Waals surface area (Å²) in [6, 6.07) is -0.204. The average Bonchev–Trinajstić information content (AvgIpc) is 2.58. The number of likely N-dealkylation sites (tertiary alicyclic amines) is 1. The lowest BCUT2D eigenvalue weighted by atomic mass is 10.4. The first kappa shape index (κ1) is 8.94. The SMILES string of the molecule is CC[N+](=C=O)C(=O)N1CCCC1. The van der Waals surface area contributed by atoms with E-state index in [1.165, 1.54) is 0 Å². The molecule has 12 heavy (non-hydrogen) atoms. The monoisotopic (exact) mass is 169 g/mol. The van der Waals surface area contributed by atoms with Gasteiger partial charge in [-0.05, 0) is 19.8 Å². The molecule has 1 fully saturated rings. The molecule has 1 heterocycles. The lowest BCUT2D eigenvalue weighted by molar-refractivity contribution is -0.429. The highest BCUT2D eigenvalue weighted by atomic mass is 16.2. The summed E-state index contributed by atoms with van der Waals surface area (Å²) in [4.78, 5) is 23.4. The molecule has 1 saturated heterocycles. The topological polar surface area (TPSA) is 40.4 Å². The number of rotatable bonds is 1. The molecule has 0 N–H and O–H groups in total. The molecular weight excluding hydrogens is 156 g/mol. The minimum atomic E-state index is -0.204. The number of urea groups is 1. The number of hydrogen-bond donors (Lipinski definition) is 0. The minimum Gasteiger partial charge on any atom is -0.225 e. The van der Waals surface area contributed by atoms with Crippen LogP contribution in [0.4, 0.5) is 4.79 Å². The zero-order chi connectivity index (χ0) is 8.97. The van der Waals surface area contributed by atoms with Crippen molar-refractivity contribution in [2.24, 2.45) is 0 Å². The third-order valence-electron chi connectivity index (χ3n) is 2.03. The highest BCUT2D eigenvalue weighted by Crippen LogP contribution is 2.07. The number of hydrogen-bond acceptors (Lipinski definition) is 2. The summed E-state index contributed by atoms with van der Waals surface area (Å²) >= 11 is 0. The van der Waals surface area contributed by atoms with E-state index in [9.17, 15) is 9.59 Å². The van der Waals surface area contributed by atoms with E-state index in [2.05, 4.69) is 0 Å². The minimum absolute atomic E-state index is 0.204. The number of carbonyl (C=O) groups excluding carboxylic acids is 2. The van der Waals surface area contributed by atoms with Crippen molar-refractivity contribution in [1.82, 2.24) is 4.90 Å². The van der Waals surface area contributed by atoms with Crippen LogP contribution in [0.3, 0.4) is 0 Å². The summed E-state index contributed by atoms with van der Waals surface area (Å²) in [6.45, 7) is 3.71. The highest BCUT2D eigenvalue weighted by molar-refractivity contribution is 5.68. The Balaban J connectivity index is 2.62. The summed E-state index contributed by atoms with van der Waals surface area (Å²) in [5.74, 6) is 0. The van der Waals surface area contributed by atoms with Crippen molar-refractivity contribution in [1.29, 1.82) is 0 Å². The van der Waals surface area contributed by atoms with Gasteiger partial charge in [0, 0.05) is 0 Å². The summed E-state index contributed by atoms with van der Waals surface area (Å²) < 4.78 is 1.07. The van der Waals surface area contributed by atoms with Crippen molar-refractivity contribution < 1.29 is 14.2 Å². The second-order valence-corrected chi connectivity index (χ2v) is 2.81. The van der Waals surface area contributed by atoms with Crippen LogP contribution >= 0.6 is 0 Å². The molecule has 0 unspecified atom stereocenters. The van der Waals surface area contributed by atoms with Crippen molar-refractivity contribution >= 4 is 12.1 Å². The van der Waals surface area contributed by atoms with Gasteiger partial charge in [0.25, 0.3) is 0 Å². The van der Waals surface area contributed by atoms with Crippen LogP contribution < -0.4 is 0 Å². The molecule has 4 heteroatoms. The van der Waals surface area contributed by atoms with Gasteiger partial charge < -0.3 is 0 Å². The van der Waals surface area contributed by atoms with E-state index in [1.54, 1.807) is 17.9 Å². The van der Waals surface area contributed by atoms with Gasteiger partial charge in [0.2, 0.25) is 0 Å². The second kappa shape index (κ2) is 4.02. The molecule has 1 aliphatic rings. The number of isocyanates is 1. The van der Waals surface area contributed by atoms with Gasteiger partial charge in [0.05, 0.1) is 13.1 Å². The van der Waals surface area contributed by atoms with Crippen LogP contribution in [0.5, 0.6) is 0 Å².